The van der Waals surface area contributed by atoms with Crippen LogP contribution < -0.4 is 5.32 Å². The van der Waals surface area contributed by atoms with Crippen LogP contribution in [0.3, 0.4) is 0 Å². The predicted octanol–water partition coefficient (Wildman–Crippen LogP) is 4.22. The molecule has 2 nitrogen and oxygen atoms in total. The van der Waals surface area contributed by atoms with Crippen molar-refractivity contribution in [3.8, 4) is 0 Å². The fourth-order valence-electron chi connectivity index (χ4n) is 1.39. The van der Waals surface area contributed by atoms with Gasteiger partial charge in [0.05, 0.1) is 21.7 Å². The van der Waals surface area contributed by atoms with Gasteiger partial charge in [-0.25, -0.2) is 9.37 Å². The molecular formula is C12H12BrFN2S. The summed E-state index contributed by atoms with van der Waals surface area (Å²) in [6.07, 6.45) is 0.956. The second-order valence-electron chi connectivity index (χ2n) is 3.57. The van der Waals surface area contributed by atoms with Crippen LogP contribution in [-0.4, -0.2) is 4.98 Å². The summed E-state index contributed by atoms with van der Waals surface area (Å²) in [4.78, 5) is 4.44. The van der Waals surface area contributed by atoms with Crippen LogP contribution in [0, 0.1) is 5.82 Å². The number of nitrogens with one attached hydrogen (secondary N) is 1. The third-order valence-corrected chi connectivity index (χ3v) is 3.98. The van der Waals surface area contributed by atoms with E-state index in [9.17, 15) is 4.39 Å². The molecule has 5 heteroatoms. The third-order valence-electron chi connectivity index (χ3n) is 2.29. The van der Waals surface area contributed by atoms with Crippen LogP contribution in [0.5, 0.6) is 0 Å². The van der Waals surface area contributed by atoms with Crippen LogP contribution in [0.1, 0.15) is 17.6 Å². The monoisotopic (exact) mass is 314 g/mol. The molecule has 2 aromatic rings. The van der Waals surface area contributed by atoms with E-state index in [0.717, 1.165) is 22.8 Å². The second-order valence-corrected chi connectivity index (χ2v) is 5.37. The molecule has 0 bridgehead atoms. The Hall–Kier alpha value is -0.940. The maximum atomic E-state index is 13.3. The molecular weight excluding hydrogens is 303 g/mol. The highest BCUT2D eigenvalue weighted by Gasteiger charge is 2.02. The van der Waals surface area contributed by atoms with Crippen molar-refractivity contribution in [2.75, 3.05) is 5.32 Å². The molecule has 0 amide bonds. The smallest absolute Gasteiger partial charge is 0.139 e. The quantitative estimate of drug-likeness (QED) is 0.914. The van der Waals surface area contributed by atoms with E-state index in [4.69, 9.17) is 0 Å². The van der Waals surface area contributed by atoms with Crippen LogP contribution in [-0.2, 0) is 13.0 Å². The highest BCUT2D eigenvalue weighted by Crippen LogP contribution is 2.20. The molecule has 0 radical (unpaired) electrons. The fraction of sp³-hybridized carbons (Fsp3) is 0.250. The number of anilines is 1. The minimum Gasteiger partial charge on any atom is -0.379 e. The molecule has 0 aliphatic heterocycles. The van der Waals surface area contributed by atoms with Gasteiger partial charge in [-0.3, -0.25) is 0 Å². The first-order valence-electron chi connectivity index (χ1n) is 5.31. The second kappa shape index (κ2) is 5.60. The van der Waals surface area contributed by atoms with Crippen molar-refractivity contribution in [1.29, 1.82) is 0 Å². The number of hydrogen-bond donors (Lipinski definition) is 1. The van der Waals surface area contributed by atoms with Crippen molar-refractivity contribution in [3.05, 3.63) is 44.6 Å². The van der Waals surface area contributed by atoms with Crippen LogP contribution in [0.25, 0.3) is 0 Å². The molecule has 0 spiro atoms. The Bertz CT molecular complexity index is 513. The molecule has 0 aliphatic carbocycles. The highest BCUT2D eigenvalue weighted by atomic mass is 79.9. The fourth-order valence-corrected chi connectivity index (χ4v) is 2.38. The zero-order valence-corrected chi connectivity index (χ0v) is 11.7. The number of rotatable bonds is 4. The van der Waals surface area contributed by atoms with Gasteiger partial charge in [-0.1, -0.05) is 6.92 Å². The summed E-state index contributed by atoms with van der Waals surface area (Å²) in [7, 11) is 0. The Morgan fingerprint density at radius 2 is 2.29 bits per heavy atom. The van der Waals surface area contributed by atoms with Crippen molar-refractivity contribution in [2.45, 2.75) is 19.9 Å². The molecule has 90 valence electrons. The Morgan fingerprint density at radius 3 is 2.94 bits per heavy atom. The van der Waals surface area contributed by atoms with Gasteiger partial charge in [-0.15, -0.1) is 11.3 Å². The Morgan fingerprint density at radius 1 is 1.47 bits per heavy atom. The Labute approximate surface area is 112 Å². The number of hydrogen-bond acceptors (Lipinski definition) is 3. The minimum atomic E-state index is -0.262. The van der Waals surface area contributed by atoms with Crippen molar-refractivity contribution >= 4 is 33.0 Å². The number of nitrogens with zero attached hydrogens (tertiary/aromatic N) is 1. The van der Waals surface area contributed by atoms with Crippen molar-refractivity contribution in [2.24, 2.45) is 0 Å². The molecule has 1 N–H and O–H groups in total. The van der Waals surface area contributed by atoms with Gasteiger partial charge in [-0.2, -0.15) is 0 Å². The van der Waals surface area contributed by atoms with E-state index in [0.29, 0.717) is 11.0 Å². The maximum Gasteiger partial charge on any atom is 0.139 e. The third kappa shape index (κ3) is 3.26. The molecule has 0 saturated heterocycles. The Balaban J connectivity index is 1.99. The summed E-state index contributed by atoms with van der Waals surface area (Å²) in [6.45, 7) is 2.71. The van der Waals surface area contributed by atoms with Gasteiger partial charge in [0.25, 0.3) is 0 Å². The van der Waals surface area contributed by atoms with E-state index in [1.807, 2.05) is 11.4 Å². The van der Waals surface area contributed by atoms with Crippen molar-refractivity contribution in [1.82, 2.24) is 4.98 Å². The maximum absolute atomic E-state index is 13.3. The summed E-state index contributed by atoms with van der Waals surface area (Å²) in [5, 5.41) is 6.31. The number of halogens is 2. The largest absolute Gasteiger partial charge is 0.379 e. The lowest BCUT2D eigenvalue weighted by atomic mass is 10.3. The first-order valence-corrected chi connectivity index (χ1v) is 6.98. The van der Waals surface area contributed by atoms with Crippen molar-refractivity contribution in [3.63, 3.8) is 0 Å². The molecule has 17 heavy (non-hydrogen) atoms. The summed E-state index contributed by atoms with van der Waals surface area (Å²) in [6, 6.07) is 4.99. The minimum absolute atomic E-state index is 0.262. The summed E-state index contributed by atoms with van der Waals surface area (Å²) < 4.78 is 13.7. The number of thiazole rings is 1. The predicted molar refractivity (Wildman–Crippen MR) is 72.9 cm³/mol. The zero-order chi connectivity index (χ0) is 12.3. The summed E-state index contributed by atoms with van der Waals surface area (Å²) >= 11 is 4.78. The standard InChI is InChI=1S/C12H12BrFN2S/c1-2-12-16-9(7-17-12)6-15-8-3-4-10(13)11(14)5-8/h3-5,7,15H,2,6H2,1H3. The van der Waals surface area contributed by atoms with Gasteiger partial charge in [0.2, 0.25) is 0 Å². The molecule has 0 atom stereocenters. The van der Waals surface area contributed by atoms with Crippen LogP contribution in [0.4, 0.5) is 10.1 Å². The van der Waals surface area contributed by atoms with Gasteiger partial charge in [0.1, 0.15) is 5.82 Å². The van der Waals surface area contributed by atoms with E-state index in [1.165, 1.54) is 6.07 Å². The molecule has 0 aliphatic rings. The normalized spacial score (nSPS) is 10.5. The molecule has 0 saturated carbocycles. The van der Waals surface area contributed by atoms with Crippen molar-refractivity contribution < 1.29 is 4.39 Å². The summed E-state index contributed by atoms with van der Waals surface area (Å²) in [5.74, 6) is -0.262. The molecule has 2 rings (SSSR count). The molecule has 0 fully saturated rings. The molecule has 1 aromatic carbocycles. The Kier molecular flexibility index (Phi) is 4.12. The molecule has 1 aromatic heterocycles. The van der Waals surface area contributed by atoms with E-state index < -0.39 is 0 Å². The SMILES string of the molecule is CCc1nc(CNc2ccc(Br)c(F)c2)cs1. The highest BCUT2D eigenvalue weighted by molar-refractivity contribution is 9.10. The van der Waals surface area contributed by atoms with Crippen LogP contribution >= 0.6 is 27.3 Å². The van der Waals surface area contributed by atoms with Gasteiger partial charge in [0, 0.05) is 11.1 Å². The van der Waals surface area contributed by atoms with E-state index in [-0.39, 0.29) is 5.82 Å². The van der Waals surface area contributed by atoms with Gasteiger partial charge < -0.3 is 5.32 Å². The molecule has 0 unspecified atom stereocenters. The average Bonchev–Trinajstić information content (AvgIpc) is 2.79. The average molecular weight is 315 g/mol. The number of benzene rings is 1. The van der Waals surface area contributed by atoms with E-state index in [2.05, 4.69) is 33.2 Å². The topological polar surface area (TPSA) is 24.9 Å². The number of aryl methyl sites for hydroxylation is 1. The molecule has 1 heterocycles. The van der Waals surface area contributed by atoms with E-state index >= 15 is 0 Å². The van der Waals surface area contributed by atoms with E-state index in [1.54, 1.807) is 17.4 Å². The van der Waals surface area contributed by atoms with Gasteiger partial charge >= 0.3 is 0 Å². The summed E-state index contributed by atoms with van der Waals surface area (Å²) in [5.41, 5.74) is 1.76. The first-order chi connectivity index (χ1) is 8.19. The lowest BCUT2D eigenvalue weighted by Crippen LogP contribution is -2.00. The lowest BCUT2D eigenvalue weighted by Gasteiger charge is -2.05. The first kappa shape index (κ1) is 12.5. The zero-order valence-electron chi connectivity index (χ0n) is 9.34. The number of aromatic nitrogens is 1. The lowest BCUT2D eigenvalue weighted by molar-refractivity contribution is 0.621. The van der Waals surface area contributed by atoms with Crippen LogP contribution in [0.15, 0.2) is 28.1 Å². The van der Waals surface area contributed by atoms with Gasteiger partial charge in [-0.05, 0) is 40.5 Å². The van der Waals surface area contributed by atoms with Crippen LogP contribution in [0.2, 0.25) is 0 Å². The van der Waals surface area contributed by atoms with Gasteiger partial charge in [0.15, 0.2) is 0 Å².